The first kappa shape index (κ1) is 9.75. The molecule has 10 heavy (non-hydrogen) atoms. The second-order valence-electron chi connectivity index (χ2n) is 1.49. The summed E-state index contributed by atoms with van der Waals surface area (Å²) < 4.78 is 0. The van der Waals surface area contributed by atoms with E-state index >= 15 is 0 Å². The quantitative estimate of drug-likeness (QED) is 0.461. The summed E-state index contributed by atoms with van der Waals surface area (Å²) in [7, 11) is 0. The van der Waals surface area contributed by atoms with Gasteiger partial charge in [-0.3, -0.25) is 0 Å². The van der Waals surface area contributed by atoms with Gasteiger partial charge in [-0.15, -0.1) is 35.2 Å². The molecule has 1 N–H and O–H groups in total. The van der Waals surface area contributed by atoms with Crippen molar-refractivity contribution in [1.29, 1.82) is 0 Å². The summed E-state index contributed by atoms with van der Waals surface area (Å²) in [6.07, 6.45) is 5.05. The molecule has 0 saturated heterocycles. The lowest BCUT2D eigenvalue weighted by molar-refractivity contribution is -0.0922. The van der Waals surface area contributed by atoms with Gasteiger partial charge in [0.15, 0.2) is 0 Å². The molecule has 3 heteroatoms. The number of hydrogen-bond donors (Lipinski definition) is 1. The van der Waals surface area contributed by atoms with Crippen LogP contribution in [0.1, 0.15) is 0 Å². The standard InChI is InChI=1S/C7H9NS2/c1-2-4-9-6-7-10-5-3-8/h1H,4-7H2/p+1. The van der Waals surface area contributed by atoms with Crippen LogP contribution in [0.2, 0.25) is 0 Å². The van der Waals surface area contributed by atoms with Crippen LogP contribution < -0.4 is 5.26 Å². The zero-order valence-electron chi connectivity index (χ0n) is 5.72. The summed E-state index contributed by atoms with van der Waals surface area (Å²) in [5.74, 6) is 6.21. The minimum absolute atomic E-state index is 0.705. The van der Waals surface area contributed by atoms with Crippen LogP contribution in [-0.2, 0) is 0 Å². The van der Waals surface area contributed by atoms with E-state index in [-0.39, 0.29) is 0 Å². The molecule has 0 rings (SSSR count). The van der Waals surface area contributed by atoms with Crippen molar-refractivity contribution >= 4 is 23.5 Å². The minimum atomic E-state index is 0.705. The van der Waals surface area contributed by atoms with Gasteiger partial charge in [0.05, 0.1) is 5.75 Å². The van der Waals surface area contributed by atoms with Gasteiger partial charge < -0.3 is 0 Å². The molecule has 0 aliphatic heterocycles. The molecule has 0 heterocycles. The molecule has 0 unspecified atom stereocenters. The van der Waals surface area contributed by atoms with E-state index in [9.17, 15) is 0 Å². The molecule has 54 valence electrons. The molecule has 0 bridgehead atoms. The van der Waals surface area contributed by atoms with Gasteiger partial charge in [0, 0.05) is 11.5 Å². The Hall–Kier alpha value is -0.250. The lowest BCUT2D eigenvalue weighted by Crippen LogP contribution is -2.17. The number of rotatable bonds is 5. The highest BCUT2D eigenvalue weighted by Gasteiger charge is 1.88. The highest BCUT2D eigenvalue weighted by molar-refractivity contribution is 8.03. The van der Waals surface area contributed by atoms with Crippen molar-refractivity contribution in [1.82, 2.24) is 0 Å². The summed E-state index contributed by atoms with van der Waals surface area (Å²) >= 11 is 3.47. The highest BCUT2D eigenvalue weighted by Crippen LogP contribution is 2.04. The van der Waals surface area contributed by atoms with Crippen LogP contribution in [0.25, 0.3) is 0 Å². The molecular weight excluding hydrogens is 162 g/mol. The molecule has 0 radical (unpaired) electrons. The zero-order valence-corrected chi connectivity index (χ0v) is 7.36. The van der Waals surface area contributed by atoms with Crippen molar-refractivity contribution in [3.05, 3.63) is 0 Å². The van der Waals surface area contributed by atoms with Gasteiger partial charge in [-0.25, -0.2) is 0 Å². The van der Waals surface area contributed by atoms with E-state index < -0.39 is 0 Å². The number of hydrogen-bond acceptors (Lipinski definition) is 2. The van der Waals surface area contributed by atoms with Crippen molar-refractivity contribution in [2.75, 3.05) is 23.0 Å². The number of terminal acetylenes is 1. The third-order valence-electron chi connectivity index (χ3n) is 0.732. The fourth-order valence-electron chi connectivity index (χ4n) is 0.372. The molecule has 0 saturated carbocycles. The number of nitrogens with one attached hydrogen (secondary N) is 1. The Labute approximate surface area is 70.6 Å². The Balaban J connectivity index is 2.80. The lowest BCUT2D eigenvalue weighted by Gasteiger charge is -1.92. The monoisotopic (exact) mass is 172 g/mol. The van der Waals surface area contributed by atoms with E-state index in [4.69, 9.17) is 11.7 Å². The summed E-state index contributed by atoms with van der Waals surface area (Å²) in [5, 5.41) is 6.61. The predicted molar refractivity (Wildman–Crippen MR) is 48.3 cm³/mol. The van der Waals surface area contributed by atoms with E-state index in [2.05, 4.69) is 12.0 Å². The molecule has 0 aliphatic rings. The van der Waals surface area contributed by atoms with E-state index in [0.29, 0.717) is 5.75 Å². The predicted octanol–water partition coefficient (Wildman–Crippen LogP) is -0.141. The summed E-state index contributed by atoms with van der Waals surface area (Å²) in [5.41, 5.74) is 0. The van der Waals surface area contributed by atoms with Crippen LogP contribution >= 0.6 is 23.5 Å². The van der Waals surface area contributed by atoms with E-state index in [1.165, 1.54) is 0 Å². The summed E-state index contributed by atoms with van der Waals surface area (Å²) in [6, 6.07) is 2.32. The molecule has 0 aliphatic carbocycles. The topological polar surface area (TPSA) is 23.8 Å². The molecule has 0 spiro atoms. The molecule has 0 aromatic rings. The Morgan fingerprint density at radius 3 is 2.30 bits per heavy atom. The molecule has 0 amide bonds. The average Bonchev–Trinajstić information content (AvgIpc) is 1.97. The SMILES string of the molecule is C#CCSCCSCC#[NH+]. The fraction of sp³-hybridized carbons (Fsp3) is 0.571. The third kappa shape index (κ3) is 7.75. The highest BCUT2D eigenvalue weighted by atomic mass is 32.2. The fourth-order valence-corrected chi connectivity index (χ4v) is 1.82. The van der Waals surface area contributed by atoms with E-state index in [1.807, 2.05) is 0 Å². The van der Waals surface area contributed by atoms with Gasteiger partial charge in [0.2, 0.25) is 0 Å². The molecule has 0 aromatic carbocycles. The first-order valence-corrected chi connectivity index (χ1v) is 5.21. The zero-order chi connectivity index (χ0) is 7.66. The smallest absolute Gasteiger partial charge is 0.148 e. The van der Waals surface area contributed by atoms with E-state index in [0.717, 1.165) is 17.3 Å². The first-order chi connectivity index (χ1) is 4.91. The molecular formula is C7H10NS2+. The van der Waals surface area contributed by atoms with Crippen LogP contribution in [-0.4, -0.2) is 23.0 Å². The average molecular weight is 172 g/mol. The third-order valence-corrected chi connectivity index (χ3v) is 2.69. The van der Waals surface area contributed by atoms with Crippen LogP contribution in [0.4, 0.5) is 0 Å². The first-order valence-electron chi connectivity index (χ1n) is 2.90. The molecule has 0 aromatic heterocycles. The van der Waals surface area contributed by atoms with Gasteiger partial charge >= 0.3 is 0 Å². The second kappa shape index (κ2) is 8.75. The molecule has 1 nitrogen and oxygen atoms in total. The summed E-state index contributed by atoms with van der Waals surface area (Å²) in [4.78, 5) is 0. The molecule has 0 atom stereocenters. The summed E-state index contributed by atoms with van der Waals surface area (Å²) in [6.45, 7) is 0. The maximum atomic E-state index is 6.61. The normalized spacial score (nSPS) is 8.20. The Morgan fingerprint density at radius 2 is 1.80 bits per heavy atom. The van der Waals surface area contributed by atoms with Crippen LogP contribution in [0.3, 0.4) is 0 Å². The maximum absolute atomic E-state index is 6.61. The largest absolute Gasteiger partial charge is 0.281 e. The van der Waals surface area contributed by atoms with Gasteiger partial charge in [-0.05, 0) is 0 Å². The maximum Gasteiger partial charge on any atom is 0.281 e. The van der Waals surface area contributed by atoms with Crippen LogP contribution in [0.15, 0.2) is 0 Å². The number of thioether (sulfide) groups is 2. The van der Waals surface area contributed by atoms with Crippen molar-refractivity contribution in [2.45, 2.75) is 0 Å². The second-order valence-corrected chi connectivity index (χ2v) is 3.70. The Bertz CT molecular complexity index is 125. The van der Waals surface area contributed by atoms with E-state index in [1.54, 1.807) is 23.5 Å². The lowest BCUT2D eigenvalue weighted by atomic mass is 10.8. The Kier molecular flexibility index (Phi) is 8.53. The van der Waals surface area contributed by atoms with Gasteiger partial charge in [-0.1, -0.05) is 5.92 Å². The van der Waals surface area contributed by atoms with Crippen molar-refractivity contribution in [3.8, 4) is 18.4 Å². The van der Waals surface area contributed by atoms with Crippen molar-refractivity contribution in [3.63, 3.8) is 0 Å². The van der Waals surface area contributed by atoms with Crippen molar-refractivity contribution < 1.29 is 5.26 Å². The molecule has 0 fully saturated rings. The van der Waals surface area contributed by atoms with Crippen molar-refractivity contribution in [2.24, 2.45) is 0 Å². The van der Waals surface area contributed by atoms with Crippen LogP contribution in [0.5, 0.6) is 0 Å². The van der Waals surface area contributed by atoms with Gasteiger partial charge in [0.1, 0.15) is 5.75 Å². The van der Waals surface area contributed by atoms with Crippen LogP contribution in [0, 0.1) is 18.4 Å². The van der Waals surface area contributed by atoms with Gasteiger partial charge in [-0.2, -0.15) is 0 Å². The minimum Gasteiger partial charge on any atom is -0.148 e. The Morgan fingerprint density at radius 1 is 1.20 bits per heavy atom. The van der Waals surface area contributed by atoms with Gasteiger partial charge in [0.25, 0.3) is 6.07 Å².